The number of nitrogens with one attached hydrogen (secondary N) is 1. The van der Waals surface area contributed by atoms with Crippen LogP contribution < -0.4 is 5.32 Å². The topological polar surface area (TPSA) is 12.0 Å². The lowest BCUT2D eigenvalue weighted by Crippen LogP contribution is -2.19. The number of hydrogen-bond acceptors (Lipinski definition) is 1. The Morgan fingerprint density at radius 1 is 1.05 bits per heavy atom. The third kappa shape index (κ3) is 3.64. The van der Waals surface area contributed by atoms with Gasteiger partial charge in [0.25, 0.3) is 0 Å². The zero-order chi connectivity index (χ0) is 14.7. The van der Waals surface area contributed by atoms with Crippen LogP contribution in [-0.4, -0.2) is 7.05 Å². The van der Waals surface area contributed by atoms with Gasteiger partial charge in [0.2, 0.25) is 0 Å². The molecule has 0 bridgehead atoms. The Hall–Kier alpha value is -0.800. The van der Waals surface area contributed by atoms with Crippen LogP contribution in [0.15, 0.2) is 36.4 Å². The highest BCUT2D eigenvalue weighted by Gasteiger charge is 2.16. The van der Waals surface area contributed by atoms with Gasteiger partial charge in [0.05, 0.1) is 0 Å². The second kappa shape index (κ2) is 6.77. The molecule has 1 nitrogen and oxygen atoms in total. The fraction of sp³-hybridized carbons (Fsp3) is 0.200. The average molecular weight is 333 g/mol. The van der Waals surface area contributed by atoms with Gasteiger partial charge in [0, 0.05) is 21.1 Å². The SMILES string of the molecule is CNC(Cc1cc(Cl)ccc1Cl)c1ccc(F)cc1Cl. The normalized spacial score (nSPS) is 12.4. The van der Waals surface area contributed by atoms with Crippen LogP contribution >= 0.6 is 34.8 Å². The van der Waals surface area contributed by atoms with Crippen LogP contribution in [0.2, 0.25) is 15.1 Å². The van der Waals surface area contributed by atoms with Crippen LogP contribution in [0.1, 0.15) is 17.2 Å². The summed E-state index contributed by atoms with van der Waals surface area (Å²) in [7, 11) is 1.82. The smallest absolute Gasteiger partial charge is 0.124 e. The van der Waals surface area contributed by atoms with E-state index in [1.165, 1.54) is 12.1 Å². The Bertz CT molecular complexity index is 616. The van der Waals surface area contributed by atoms with Crippen molar-refractivity contribution in [2.24, 2.45) is 0 Å². The van der Waals surface area contributed by atoms with Crippen LogP contribution in [0.5, 0.6) is 0 Å². The highest BCUT2D eigenvalue weighted by Crippen LogP contribution is 2.29. The Balaban J connectivity index is 2.31. The molecule has 20 heavy (non-hydrogen) atoms. The van der Waals surface area contributed by atoms with E-state index in [2.05, 4.69) is 5.32 Å². The first kappa shape index (κ1) is 15.6. The third-order valence-corrected chi connectivity index (χ3v) is 4.05. The van der Waals surface area contributed by atoms with Gasteiger partial charge in [-0.2, -0.15) is 0 Å². The molecule has 2 rings (SSSR count). The lowest BCUT2D eigenvalue weighted by Gasteiger charge is -2.19. The fourth-order valence-corrected chi connectivity index (χ4v) is 2.76. The fourth-order valence-electron chi connectivity index (χ4n) is 2.07. The predicted molar refractivity (Wildman–Crippen MR) is 83.4 cm³/mol. The van der Waals surface area contributed by atoms with Crippen molar-refractivity contribution in [2.45, 2.75) is 12.5 Å². The zero-order valence-electron chi connectivity index (χ0n) is 10.8. The first-order valence-corrected chi connectivity index (χ1v) is 7.21. The minimum absolute atomic E-state index is 0.0703. The number of halogens is 4. The molecule has 0 aromatic heterocycles. The summed E-state index contributed by atoms with van der Waals surface area (Å²) < 4.78 is 13.1. The van der Waals surface area contributed by atoms with Crippen molar-refractivity contribution < 1.29 is 4.39 Å². The quantitative estimate of drug-likeness (QED) is 0.802. The molecule has 0 aliphatic rings. The predicted octanol–water partition coefficient (Wildman–Crippen LogP) is 5.29. The van der Waals surface area contributed by atoms with Gasteiger partial charge < -0.3 is 5.32 Å². The maximum absolute atomic E-state index is 13.1. The summed E-state index contributed by atoms with van der Waals surface area (Å²) in [4.78, 5) is 0. The van der Waals surface area contributed by atoms with Gasteiger partial charge >= 0.3 is 0 Å². The first-order chi connectivity index (χ1) is 9.51. The summed E-state index contributed by atoms with van der Waals surface area (Å²) in [5.41, 5.74) is 1.74. The molecular weight excluding hydrogens is 320 g/mol. The van der Waals surface area contributed by atoms with Crippen LogP contribution in [0.25, 0.3) is 0 Å². The van der Waals surface area contributed by atoms with Gasteiger partial charge in [0.15, 0.2) is 0 Å². The van der Waals surface area contributed by atoms with Crippen LogP contribution in [0.4, 0.5) is 4.39 Å². The van der Waals surface area contributed by atoms with Crippen molar-refractivity contribution in [1.29, 1.82) is 0 Å². The average Bonchev–Trinajstić information content (AvgIpc) is 2.40. The summed E-state index contributed by atoms with van der Waals surface area (Å²) >= 11 is 18.3. The van der Waals surface area contributed by atoms with E-state index in [9.17, 15) is 4.39 Å². The highest BCUT2D eigenvalue weighted by molar-refractivity contribution is 6.33. The Labute approximate surface area is 132 Å². The second-order valence-corrected chi connectivity index (χ2v) is 5.70. The molecule has 1 N–H and O–H groups in total. The molecule has 0 aliphatic heterocycles. The Morgan fingerprint density at radius 3 is 2.45 bits per heavy atom. The molecule has 106 valence electrons. The molecule has 2 aromatic carbocycles. The van der Waals surface area contributed by atoms with Crippen molar-refractivity contribution in [2.75, 3.05) is 7.05 Å². The zero-order valence-corrected chi connectivity index (χ0v) is 13.0. The van der Waals surface area contributed by atoms with Crippen LogP contribution in [0.3, 0.4) is 0 Å². The van der Waals surface area contributed by atoms with Gasteiger partial charge in [-0.05, 0) is 54.9 Å². The summed E-state index contributed by atoms with van der Waals surface area (Å²) in [5.74, 6) is -0.352. The minimum Gasteiger partial charge on any atom is -0.313 e. The Morgan fingerprint density at radius 2 is 1.80 bits per heavy atom. The summed E-state index contributed by atoms with van der Waals surface area (Å²) in [5, 5.41) is 4.83. The molecule has 0 radical (unpaired) electrons. The number of rotatable bonds is 4. The number of benzene rings is 2. The first-order valence-electron chi connectivity index (χ1n) is 6.07. The molecular formula is C15H13Cl3FN. The number of hydrogen-bond donors (Lipinski definition) is 1. The molecule has 1 atom stereocenters. The summed E-state index contributed by atoms with van der Waals surface area (Å²) in [6.07, 6.45) is 0.612. The van der Waals surface area contributed by atoms with E-state index in [1.807, 2.05) is 13.1 Å². The Kier molecular flexibility index (Phi) is 5.28. The van der Waals surface area contributed by atoms with Crippen LogP contribution in [0, 0.1) is 5.82 Å². The minimum atomic E-state index is -0.352. The van der Waals surface area contributed by atoms with E-state index in [1.54, 1.807) is 18.2 Å². The maximum Gasteiger partial charge on any atom is 0.124 e. The van der Waals surface area contributed by atoms with Gasteiger partial charge in [-0.25, -0.2) is 4.39 Å². The highest BCUT2D eigenvalue weighted by atomic mass is 35.5. The lowest BCUT2D eigenvalue weighted by atomic mass is 9.99. The molecule has 0 amide bonds. The maximum atomic E-state index is 13.1. The van der Waals surface area contributed by atoms with Gasteiger partial charge in [-0.15, -0.1) is 0 Å². The molecule has 0 saturated heterocycles. The molecule has 1 unspecified atom stereocenters. The van der Waals surface area contributed by atoms with E-state index in [-0.39, 0.29) is 11.9 Å². The van der Waals surface area contributed by atoms with Gasteiger partial charge in [-0.1, -0.05) is 40.9 Å². The molecule has 0 heterocycles. The van der Waals surface area contributed by atoms with E-state index in [0.29, 0.717) is 21.5 Å². The molecule has 0 fully saturated rings. The van der Waals surface area contributed by atoms with E-state index < -0.39 is 0 Å². The lowest BCUT2D eigenvalue weighted by molar-refractivity contribution is 0.586. The molecule has 0 spiro atoms. The molecule has 0 aliphatic carbocycles. The molecule has 5 heteroatoms. The van der Waals surface area contributed by atoms with Crippen molar-refractivity contribution >= 4 is 34.8 Å². The van der Waals surface area contributed by atoms with E-state index in [0.717, 1.165) is 11.1 Å². The third-order valence-electron chi connectivity index (χ3n) is 3.12. The van der Waals surface area contributed by atoms with Crippen LogP contribution in [-0.2, 0) is 6.42 Å². The monoisotopic (exact) mass is 331 g/mol. The number of likely N-dealkylation sites (N-methyl/N-ethyl adjacent to an activating group) is 1. The van der Waals surface area contributed by atoms with Crippen molar-refractivity contribution in [1.82, 2.24) is 5.32 Å². The van der Waals surface area contributed by atoms with Crippen molar-refractivity contribution in [3.8, 4) is 0 Å². The molecule has 2 aromatic rings. The summed E-state index contributed by atoms with van der Waals surface area (Å²) in [6, 6.07) is 9.64. The second-order valence-electron chi connectivity index (χ2n) is 4.45. The van der Waals surface area contributed by atoms with Crippen molar-refractivity contribution in [3.05, 3.63) is 68.4 Å². The van der Waals surface area contributed by atoms with E-state index >= 15 is 0 Å². The summed E-state index contributed by atoms with van der Waals surface area (Å²) in [6.45, 7) is 0. The van der Waals surface area contributed by atoms with Gasteiger partial charge in [-0.3, -0.25) is 0 Å². The van der Waals surface area contributed by atoms with Crippen molar-refractivity contribution in [3.63, 3.8) is 0 Å². The standard InChI is InChI=1S/C15H13Cl3FN/c1-20-15(12-4-3-11(19)8-14(12)18)7-9-6-10(16)2-5-13(9)17/h2-6,8,15,20H,7H2,1H3. The van der Waals surface area contributed by atoms with Gasteiger partial charge in [0.1, 0.15) is 5.82 Å². The largest absolute Gasteiger partial charge is 0.313 e. The molecule has 0 saturated carbocycles. The van der Waals surface area contributed by atoms with E-state index in [4.69, 9.17) is 34.8 Å².